The first kappa shape index (κ1) is 18.8. The fourth-order valence-corrected chi connectivity index (χ4v) is 3.19. The van der Waals surface area contributed by atoms with Crippen LogP contribution in [0, 0.1) is 0 Å². The molecule has 0 aliphatic rings. The minimum atomic E-state index is -3.50. The molecule has 0 saturated heterocycles. The highest BCUT2D eigenvalue weighted by molar-refractivity contribution is 7.92. The van der Waals surface area contributed by atoms with Gasteiger partial charge in [-0.05, 0) is 38.5 Å². The summed E-state index contributed by atoms with van der Waals surface area (Å²) in [4.78, 5) is 18.6. The number of aromatic amines is 1. The molecule has 0 spiro atoms. The standard InChI is InChI=1S/C16H22N4O4S/c1-4-7-24-12-6-5-10(25(22,23)9(2)3)8-11(12)15-19-14(18)13(17)16(21)20-15/h5-6,8-9H,4,7,17H2,1-3H3,(H3,18,19,20,21). The summed E-state index contributed by atoms with van der Waals surface area (Å²) < 4.78 is 30.6. The maximum Gasteiger partial charge on any atom is 0.276 e. The summed E-state index contributed by atoms with van der Waals surface area (Å²) in [5.41, 5.74) is 10.7. The zero-order valence-corrected chi connectivity index (χ0v) is 15.2. The summed E-state index contributed by atoms with van der Waals surface area (Å²) in [5.74, 6) is 0.373. The molecule has 2 aromatic rings. The van der Waals surface area contributed by atoms with Crippen LogP contribution >= 0.6 is 0 Å². The van der Waals surface area contributed by atoms with Crippen molar-refractivity contribution in [3.8, 4) is 17.1 Å². The van der Waals surface area contributed by atoms with E-state index in [2.05, 4.69) is 9.97 Å². The van der Waals surface area contributed by atoms with E-state index >= 15 is 0 Å². The van der Waals surface area contributed by atoms with Gasteiger partial charge in [0, 0.05) is 0 Å². The molecular formula is C16H22N4O4S. The summed E-state index contributed by atoms with van der Waals surface area (Å²) in [6, 6.07) is 4.45. The number of H-pyrrole nitrogens is 1. The number of ether oxygens (including phenoxy) is 1. The van der Waals surface area contributed by atoms with Crippen LogP contribution < -0.4 is 21.8 Å². The minimum absolute atomic E-state index is 0.101. The fraction of sp³-hybridized carbons (Fsp3) is 0.375. The molecule has 0 aliphatic heterocycles. The molecule has 0 aliphatic carbocycles. The zero-order chi connectivity index (χ0) is 18.8. The van der Waals surface area contributed by atoms with Crippen LogP contribution in [0.25, 0.3) is 11.4 Å². The zero-order valence-electron chi connectivity index (χ0n) is 14.4. The Morgan fingerprint density at radius 1 is 1.28 bits per heavy atom. The third kappa shape index (κ3) is 3.76. The molecule has 136 valence electrons. The summed E-state index contributed by atoms with van der Waals surface area (Å²) in [7, 11) is -3.50. The van der Waals surface area contributed by atoms with Crippen molar-refractivity contribution in [2.45, 2.75) is 37.3 Å². The van der Waals surface area contributed by atoms with Gasteiger partial charge >= 0.3 is 0 Å². The van der Waals surface area contributed by atoms with Crippen LogP contribution in [0.1, 0.15) is 27.2 Å². The molecule has 0 bridgehead atoms. The van der Waals surface area contributed by atoms with E-state index in [1.54, 1.807) is 19.9 Å². The van der Waals surface area contributed by atoms with Crippen molar-refractivity contribution in [2.75, 3.05) is 18.1 Å². The van der Waals surface area contributed by atoms with Gasteiger partial charge in [0.05, 0.1) is 22.3 Å². The van der Waals surface area contributed by atoms with E-state index in [9.17, 15) is 13.2 Å². The van der Waals surface area contributed by atoms with Gasteiger partial charge < -0.3 is 21.2 Å². The van der Waals surface area contributed by atoms with E-state index in [0.717, 1.165) is 6.42 Å². The van der Waals surface area contributed by atoms with Gasteiger partial charge in [0.25, 0.3) is 5.56 Å². The number of nitrogen functional groups attached to an aromatic ring is 2. The molecule has 1 aromatic heterocycles. The lowest BCUT2D eigenvalue weighted by Gasteiger charge is -2.14. The first-order valence-electron chi connectivity index (χ1n) is 7.84. The van der Waals surface area contributed by atoms with Crippen LogP contribution in [-0.2, 0) is 9.84 Å². The third-order valence-electron chi connectivity index (χ3n) is 3.60. The summed E-state index contributed by atoms with van der Waals surface area (Å²) >= 11 is 0. The van der Waals surface area contributed by atoms with Gasteiger partial charge in [-0.25, -0.2) is 13.4 Å². The molecular weight excluding hydrogens is 344 g/mol. The Hall–Kier alpha value is -2.55. The Kier molecular flexibility index (Phi) is 5.36. The molecule has 25 heavy (non-hydrogen) atoms. The Labute approximate surface area is 146 Å². The Morgan fingerprint density at radius 3 is 2.52 bits per heavy atom. The highest BCUT2D eigenvalue weighted by Gasteiger charge is 2.22. The van der Waals surface area contributed by atoms with Gasteiger partial charge in [-0.3, -0.25) is 4.79 Å². The van der Waals surface area contributed by atoms with Gasteiger partial charge in [-0.1, -0.05) is 6.92 Å². The van der Waals surface area contributed by atoms with Crippen LogP contribution in [0.5, 0.6) is 5.75 Å². The number of nitrogens with zero attached hydrogens (tertiary/aromatic N) is 1. The molecule has 2 rings (SSSR count). The van der Waals surface area contributed by atoms with E-state index < -0.39 is 20.6 Å². The maximum atomic E-state index is 12.5. The first-order valence-corrected chi connectivity index (χ1v) is 9.39. The number of aromatic nitrogens is 2. The predicted molar refractivity (Wildman–Crippen MR) is 97.2 cm³/mol. The van der Waals surface area contributed by atoms with Gasteiger partial charge in [-0.2, -0.15) is 0 Å². The number of nitrogens with one attached hydrogen (secondary N) is 1. The lowest BCUT2D eigenvalue weighted by molar-refractivity contribution is 0.318. The highest BCUT2D eigenvalue weighted by Crippen LogP contribution is 2.32. The number of rotatable bonds is 6. The molecule has 0 saturated carbocycles. The molecule has 0 unspecified atom stereocenters. The summed E-state index contributed by atoms with van der Waals surface area (Å²) in [6.45, 7) is 5.56. The average Bonchev–Trinajstić information content (AvgIpc) is 2.57. The monoisotopic (exact) mass is 366 g/mol. The Morgan fingerprint density at radius 2 is 1.96 bits per heavy atom. The fourth-order valence-electron chi connectivity index (χ4n) is 2.11. The van der Waals surface area contributed by atoms with Crippen LogP contribution in [0.15, 0.2) is 27.9 Å². The van der Waals surface area contributed by atoms with Crippen molar-refractivity contribution >= 4 is 21.3 Å². The number of hydrogen-bond donors (Lipinski definition) is 3. The molecule has 0 amide bonds. The van der Waals surface area contributed by atoms with E-state index in [1.165, 1.54) is 12.1 Å². The molecule has 0 radical (unpaired) electrons. The SMILES string of the molecule is CCCOc1ccc(S(=O)(=O)C(C)C)cc1-c1nc(N)c(N)c(=O)[nH]1. The van der Waals surface area contributed by atoms with E-state index in [4.69, 9.17) is 16.2 Å². The van der Waals surface area contributed by atoms with Crippen LogP contribution in [0.2, 0.25) is 0 Å². The summed E-state index contributed by atoms with van der Waals surface area (Å²) in [6.07, 6.45) is 0.763. The summed E-state index contributed by atoms with van der Waals surface area (Å²) in [5, 5.41) is -0.591. The minimum Gasteiger partial charge on any atom is -0.493 e. The van der Waals surface area contributed by atoms with Crippen molar-refractivity contribution in [3.63, 3.8) is 0 Å². The average molecular weight is 366 g/mol. The number of hydrogen-bond acceptors (Lipinski definition) is 7. The number of benzene rings is 1. The maximum absolute atomic E-state index is 12.5. The molecule has 5 N–H and O–H groups in total. The largest absolute Gasteiger partial charge is 0.493 e. The van der Waals surface area contributed by atoms with Crippen molar-refractivity contribution in [3.05, 3.63) is 28.6 Å². The van der Waals surface area contributed by atoms with Gasteiger partial charge in [0.15, 0.2) is 15.7 Å². The van der Waals surface area contributed by atoms with Crippen LogP contribution in [-0.4, -0.2) is 30.2 Å². The van der Waals surface area contributed by atoms with Crippen molar-refractivity contribution in [1.82, 2.24) is 9.97 Å². The second-order valence-electron chi connectivity index (χ2n) is 5.81. The van der Waals surface area contributed by atoms with E-state index in [0.29, 0.717) is 17.9 Å². The first-order chi connectivity index (χ1) is 11.7. The molecule has 0 atom stereocenters. The number of anilines is 2. The van der Waals surface area contributed by atoms with Crippen molar-refractivity contribution in [2.24, 2.45) is 0 Å². The third-order valence-corrected chi connectivity index (χ3v) is 5.75. The highest BCUT2D eigenvalue weighted by atomic mass is 32.2. The predicted octanol–water partition coefficient (Wildman–Crippen LogP) is 1.57. The Balaban J connectivity index is 2.70. The van der Waals surface area contributed by atoms with Gasteiger partial charge in [0.1, 0.15) is 17.3 Å². The smallest absolute Gasteiger partial charge is 0.276 e. The lowest BCUT2D eigenvalue weighted by Crippen LogP contribution is -2.18. The van der Waals surface area contributed by atoms with Crippen molar-refractivity contribution in [1.29, 1.82) is 0 Å². The molecule has 8 nitrogen and oxygen atoms in total. The molecule has 9 heteroatoms. The quantitative estimate of drug-likeness (QED) is 0.704. The van der Waals surface area contributed by atoms with E-state index in [-0.39, 0.29) is 22.2 Å². The topological polar surface area (TPSA) is 141 Å². The molecule has 1 aromatic carbocycles. The second-order valence-corrected chi connectivity index (χ2v) is 8.32. The van der Waals surface area contributed by atoms with Crippen LogP contribution in [0.3, 0.4) is 0 Å². The van der Waals surface area contributed by atoms with Crippen molar-refractivity contribution < 1.29 is 13.2 Å². The normalized spacial score (nSPS) is 11.7. The van der Waals surface area contributed by atoms with Gasteiger partial charge in [0.2, 0.25) is 0 Å². The van der Waals surface area contributed by atoms with E-state index in [1.807, 2.05) is 6.92 Å². The number of nitrogens with two attached hydrogens (primary N) is 2. The van der Waals surface area contributed by atoms with Crippen LogP contribution in [0.4, 0.5) is 11.5 Å². The number of sulfone groups is 1. The molecule has 1 heterocycles. The Bertz CT molecular complexity index is 936. The molecule has 0 fully saturated rings. The lowest BCUT2D eigenvalue weighted by atomic mass is 10.2. The second kappa shape index (κ2) is 7.14. The van der Waals surface area contributed by atoms with Gasteiger partial charge in [-0.15, -0.1) is 0 Å².